The van der Waals surface area contributed by atoms with E-state index in [1.165, 1.54) is 6.20 Å². The van der Waals surface area contributed by atoms with E-state index in [0.717, 1.165) is 19.5 Å². The Balaban J connectivity index is 1.80. The number of aromatic nitrogens is 1. The van der Waals surface area contributed by atoms with Gasteiger partial charge in [-0.1, -0.05) is 11.6 Å². The van der Waals surface area contributed by atoms with Crippen LogP contribution in [-0.2, 0) is 9.47 Å². The molecule has 2 heterocycles. The van der Waals surface area contributed by atoms with Crippen molar-refractivity contribution >= 4 is 17.5 Å². The Morgan fingerprint density at radius 1 is 1.50 bits per heavy atom. The first-order chi connectivity index (χ1) is 9.70. The Kier molecular flexibility index (Phi) is 5.76. The first-order valence-corrected chi connectivity index (χ1v) is 7.06. The standard InChI is InChI=1S/C14H19ClN2O3/c1-19-6-7-20-10-11-4-5-17(9-11)14(18)12-2-3-13(15)16-8-12/h2-3,8,11H,4-7,9-10H2,1H3/t11-/m0/s1. The number of pyridine rings is 1. The topological polar surface area (TPSA) is 51.7 Å². The molecule has 0 radical (unpaired) electrons. The van der Waals surface area contributed by atoms with Gasteiger partial charge < -0.3 is 14.4 Å². The van der Waals surface area contributed by atoms with E-state index in [2.05, 4.69) is 4.98 Å². The van der Waals surface area contributed by atoms with E-state index in [9.17, 15) is 4.79 Å². The fourth-order valence-corrected chi connectivity index (χ4v) is 2.34. The summed E-state index contributed by atoms with van der Waals surface area (Å²) in [5, 5.41) is 0.396. The quantitative estimate of drug-likeness (QED) is 0.594. The van der Waals surface area contributed by atoms with Gasteiger partial charge in [0.25, 0.3) is 5.91 Å². The van der Waals surface area contributed by atoms with Crippen molar-refractivity contribution in [3.05, 3.63) is 29.0 Å². The average molecular weight is 299 g/mol. The number of carbonyl (C=O) groups is 1. The summed E-state index contributed by atoms with van der Waals surface area (Å²) in [6, 6.07) is 3.34. The predicted molar refractivity (Wildman–Crippen MR) is 76.0 cm³/mol. The lowest BCUT2D eigenvalue weighted by atomic mass is 10.1. The summed E-state index contributed by atoms with van der Waals surface area (Å²) in [7, 11) is 1.65. The van der Waals surface area contributed by atoms with E-state index in [1.54, 1.807) is 19.2 Å². The molecule has 6 heteroatoms. The molecule has 1 aliphatic rings. The number of carbonyl (C=O) groups excluding carboxylic acids is 1. The van der Waals surface area contributed by atoms with E-state index >= 15 is 0 Å². The maximum Gasteiger partial charge on any atom is 0.255 e. The van der Waals surface area contributed by atoms with Crippen LogP contribution in [0.15, 0.2) is 18.3 Å². The molecule has 0 spiro atoms. The fourth-order valence-electron chi connectivity index (χ4n) is 2.23. The van der Waals surface area contributed by atoms with Crippen LogP contribution in [0.3, 0.4) is 0 Å². The molecule has 1 aromatic rings. The van der Waals surface area contributed by atoms with Crippen LogP contribution < -0.4 is 0 Å². The Morgan fingerprint density at radius 2 is 2.35 bits per heavy atom. The van der Waals surface area contributed by atoms with Gasteiger partial charge in [0, 0.05) is 32.3 Å². The highest BCUT2D eigenvalue weighted by Crippen LogP contribution is 2.19. The molecule has 1 amide bonds. The summed E-state index contributed by atoms with van der Waals surface area (Å²) in [6.45, 7) is 3.37. The Morgan fingerprint density at radius 3 is 3.05 bits per heavy atom. The molecule has 110 valence electrons. The first-order valence-electron chi connectivity index (χ1n) is 6.68. The zero-order valence-corrected chi connectivity index (χ0v) is 12.3. The number of methoxy groups -OCH3 is 1. The fraction of sp³-hybridized carbons (Fsp3) is 0.571. The number of rotatable bonds is 6. The van der Waals surface area contributed by atoms with Gasteiger partial charge in [0.15, 0.2) is 0 Å². The second kappa shape index (κ2) is 7.57. The first kappa shape index (κ1) is 15.2. The van der Waals surface area contributed by atoms with Crippen molar-refractivity contribution in [2.24, 2.45) is 5.92 Å². The minimum atomic E-state index is 0.00792. The summed E-state index contributed by atoms with van der Waals surface area (Å²) >= 11 is 5.72. The van der Waals surface area contributed by atoms with Gasteiger partial charge in [0.05, 0.1) is 25.4 Å². The van der Waals surface area contributed by atoms with Crippen LogP contribution in [0.1, 0.15) is 16.8 Å². The van der Waals surface area contributed by atoms with Crippen LogP contribution in [0.25, 0.3) is 0 Å². The van der Waals surface area contributed by atoms with E-state index in [4.69, 9.17) is 21.1 Å². The molecule has 1 atom stereocenters. The second-order valence-electron chi connectivity index (χ2n) is 4.84. The zero-order chi connectivity index (χ0) is 14.4. The summed E-state index contributed by atoms with van der Waals surface area (Å²) in [5.41, 5.74) is 0.579. The summed E-state index contributed by atoms with van der Waals surface area (Å²) < 4.78 is 10.4. The number of halogens is 1. The van der Waals surface area contributed by atoms with Gasteiger partial charge in [0.2, 0.25) is 0 Å². The molecule has 5 nitrogen and oxygen atoms in total. The summed E-state index contributed by atoms with van der Waals surface area (Å²) in [4.78, 5) is 18.0. The van der Waals surface area contributed by atoms with Crippen LogP contribution in [0.4, 0.5) is 0 Å². The Bertz CT molecular complexity index is 439. The Labute approximate surface area is 123 Å². The lowest BCUT2D eigenvalue weighted by molar-refractivity contribution is 0.0515. The molecule has 0 aromatic carbocycles. The molecule has 0 bridgehead atoms. The highest BCUT2D eigenvalue weighted by Gasteiger charge is 2.27. The third kappa shape index (κ3) is 4.16. The van der Waals surface area contributed by atoms with Crippen molar-refractivity contribution in [1.29, 1.82) is 0 Å². The lowest BCUT2D eigenvalue weighted by Crippen LogP contribution is -2.29. The number of amides is 1. The van der Waals surface area contributed by atoms with Crippen LogP contribution in [-0.4, -0.2) is 55.8 Å². The van der Waals surface area contributed by atoms with E-state index in [1.807, 2.05) is 4.90 Å². The second-order valence-corrected chi connectivity index (χ2v) is 5.23. The molecule has 1 saturated heterocycles. The van der Waals surface area contributed by atoms with Gasteiger partial charge in [-0.2, -0.15) is 0 Å². The summed E-state index contributed by atoms with van der Waals surface area (Å²) in [5.74, 6) is 0.407. The molecule has 0 saturated carbocycles. The van der Waals surface area contributed by atoms with Crippen LogP contribution >= 0.6 is 11.6 Å². The molecular weight excluding hydrogens is 280 g/mol. The van der Waals surface area contributed by atoms with Crippen LogP contribution in [0.5, 0.6) is 0 Å². The third-order valence-corrected chi connectivity index (χ3v) is 3.56. The van der Waals surface area contributed by atoms with Crippen molar-refractivity contribution in [2.75, 3.05) is 40.0 Å². The van der Waals surface area contributed by atoms with Gasteiger partial charge in [-0.05, 0) is 18.6 Å². The molecular formula is C14H19ClN2O3. The van der Waals surface area contributed by atoms with Gasteiger partial charge in [-0.3, -0.25) is 4.79 Å². The molecule has 2 rings (SSSR count). The molecule has 1 fully saturated rings. The Hall–Kier alpha value is -1.17. The van der Waals surface area contributed by atoms with Gasteiger partial charge in [0.1, 0.15) is 5.15 Å². The van der Waals surface area contributed by atoms with Gasteiger partial charge in [-0.25, -0.2) is 4.98 Å². The molecule has 20 heavy (non-hydrogen) atoms. The number of nitrogens with zero attached hydrogens (tertiary/aromatic N) is 2. The highest BCUT2D eigenvalue weighted by molar-refractivity contribution is 6.29. The van der Waals surface area contributed by atoms with Crippen molar-refractivity contribution < 1.29 is 14.3 Å². The van der Waals surface area contributed by atoms with Gasteiger partial charge in [-0.15, -0.1) is 0 Å². The third-order valence-electron chi connectivity index (χ3n) is 3.33. The van der Waals surface area contributed by atoms with Crippen molar-refractivity contribution in [3.63, 3.8) is 0 Å². The number of hydrogen-bond donors (Lipinski definition) is 0. The predicted octanol–water partition coefficient (Wildman–Crippen LogP) is 1.86. The molecule has 1 aromatic heterocycles. The molecule has 0 N–H and O–H groups in total. The normalized spacial score (nSPS) is 18.5. The van der Waals surface area contributed by atoms with Crippen molar-refractivity contribution in [3.8, 4) is 0 Å². The van der Waals surface area contributed by atoms with Crippen molar-refractivity contribution in [2.45, 2.75) is 6.42 Å². The zero-order valence-electron chi connectivity index (χ0n) is 11.5. The van der Waals surface area contributed by atoms with Gasteiger partial charge >= 0.3 is 0 Å². The summed E-state index contributed by atoms with van der Waals surface area (Å²) in [6.07, 6.45) is 2.49. The van der Waals surface area contributed by atoms with E-state index in [0.29, 0.717) is 36.5 Å². The number of hydrogen-bond acceptors (Lipinski definition) is 4. The molecule has 0 unspecified atom stereocenters. The highest BCUT2D eigenvalue weighted by atomic mass is 35.5. The number of ether oxygens (including phenoxy) is 2. The SMILES string of the molecule is COCCOC[C@H]1CCN(C(=O)c2ccc(Cl)nc2)C1. The van der Waals surface area contributed by atoms with Crippen LogP contribution in [0, 0.1) is 5.92 Å². The minimum absolute atomic E-state index is 0.00792. The lowest BCUT2D eigenvalue weighted by Gasteiger charge is -2.16. The van der Waals surface area contributed by atoms with E-state index in [-0.39, 0.29) is 5.91 Å². The van der Waals surface area contributed by atoms with E-state index < -0.39 is 0 Å². The number of likely N-dealkylation sites (tertiary alicyclic amines) is 1. The maximum atomic E-state index is 12.3. The average Bonchev–Trinajstić information content (AvgIpc) is 2.92. The monoisotopic (exact) mass is 298 g/mol. The maximum absolute atomic E-state index is 12.3. The smallest absolute Gasteiger partial charge is 0.255 e. The minimum Gasteiger partial charge on any atom is -0.382 e. The largest absolute Gasteiger partial charge is 0.382 e. The van der Waals surface area contributed by atoms with Crippen LogP contribution in [0.2, 0.25) is 5.15 Å². The molecule has 1 aliphatic heterocycles. The molecule has 0 aliphatic carbocycles. The van der Waals surface area contributed by atoms with Crippen molar-refractivity contribution in [1.82, 2.24) is 9.88 Å².